The molecule has 21 heavy (non-hydrogen) atoms. The average Bonchev–Trinajstić information content (AvgIpc) is 2.52. The van der Waals surface area contributed by atoms with Crippen LogP contribution in [0.3, 0.4) is 0 Å². The van der Waals surface area contributed by atoms with Crippen molar-refractivity contribution in [1.29, 1.82) is 0 Å². The number of nitrogens with two attached hydrogens (primary N) is 1. The summed E-state index contributed by atoms with van der Waals surface area (Å²) < 4.78 is 10.5. The lowest BCUT2D eigenvalue weighted by Gasteiger charge is -2.09. The molecule has 0 atom stereocenters. The number of Topliss-reactive ketones (excluding diaryl/α,β-unsaturated/α-hetero) is 1. The van der Waals surface area contributed by atoms with E-state index in [4.69, 9.17) is 15.2 Å². The Hall–Kier alpha value is -2.49. The molecule has 2 N–H and O–H groups in total. The molecule has 2 aromatic carbocycles. The lowest BCUT2D eigenvalue weighted by atomic mass is 10.0. The Labute approximate surface area is 124 Å². The fraction of sp³-hybridized carbons (Fsp3) is 0.235. The largest absolute Gasteiger partial charge is 0.493 e. The van der Waals surface area contributed by atoms with Crippen LogP contribution in [0.25, 0.3) is 0 Å². The minimum atomic E-state index is 0.0806. The SMILES string of the molecule is COc1ccc(CCC(=O)c2cccc(N)c2)cc1OC. The van der Waals surface area contributed by atoms with Crippen molar-refractivity contribution in [3.8, 4) is 11.5 Å². The van der Waals surface area contributed by atoms with Crippen LogP contribution in [0, 0.1) is 0 Å². The molecule has 0 saturated heterocycles. The Kier molecular flexibility index (Phi) is 4.82. The van der Waals surface area contributed by atoms with E-state index in [2.05, 4.69) is 0 Å². The van der Waals surface area contributed by atoms with E-state index in [1.54, 1.807) is 38.5 Å². The molecule has 0 radical (unpaired) electrons. The van der Waals surface area contributed by atoms with Crippen LogP contribution in [-0.4, -0.2) is 20.0 Å². The van der Waals surface area contributed by atoms with Gasteiger partial charge in [0.1, 0.15) is 0 Å². The highest BCUT2D eigenvalue weighted by molar-refractivity contribution is 5.96. The summed E-state index contributed by atoms with van der Waals surface area (Å²) in [6.07, 6.45) is 1.08. The predicted molar refractivity (Wildman–Crippen MR) is 83.1 cm³/mol. The third-order valence-electron chi connectivity index (χ3n) is 3.30. The lowest BCUT2D eigenvalue weighted by molar-refractivity contribution is 0.0983. The van der Waals surface area contributed by atoms with Crippen molar-refractivity contribution in [3.05, 3.63) is 53.6 Å². The molecule has 0 aliphatic rings. The monoisotopic (exact) mass is 285 g/mol. The molecule has 0 amide bonds. The summed E-state index contributed by atoms with van der Waals surface area (Å²) in [6.45, 7) is 0. The maximum atomic E-state index is 12.1. The van der Waals surface area contributed by atoms with Crippen LogP contribution in [0.1, 0.15) is 22.3 Å². The topological polar surface area (TPSA) is 61.5 Å². The van der Waals surface area contributed by atoms with E-state index < -0.39 is 0 Å². The van der Waals surface area contributed by atoms with E-state index in [1.807, 2.05) is 18.2 Å². The third-order valence-corrected chi connectivity index (χ3v) is 3.30. The minimum absolute atomic E-state index is 0.0806. The van der Waals surface area contributed by atoms with Gasteiger partial charge in [0.25, 0.3) is 0 Å². The maximum absolute atomic E-state index is 12.1. The van der Waals surface area contributed by atoms with Crippen LogP contribution < -0.4 is 15.2 Å². The highest BCUT2D eigenvalue weighted by Crippen LogP contribution is 2.28. The Bertz CT molecular complexity index is 638. The lowest BCUT2D eigenvalue weighted by Crippen LogP contribution is -2.02. The summed E-state index contributed by atoms with van der Waals surface area (Å²) in [5.41, 5.74) is 7.98. The van der Waals surface area contributed by atoms with Gasteiger partial charge in [-0.25, -0.2) is 0 Å². The van der Waals surface area contributed by atoms with Crippen LogP contribution in [-0.2, 0) is 6.42 Å². The molecule has 0 fully saturated rings. The fourth-order valence-corrected chi connectivity index (χ4v) is 2.15. The van der Waals surface area contributed by atoms with Gasteiger partial charge in [-0.15, -0.1) is 0 Å². The summed E-state index contributed by atoms with van der Waals surface area (Å²) in [7, 11) is 3.19. The molecule has 4 heteroatoms. The van der Waals surface area contributed by atoms with Gasteiger partial charge in [0.15, 0.2) is 17.3 Å². The summed E-state index contributed by atoms with van der Waals surface area (Å²) >= 11 is 0. The van der Waals surface area contributed by atoms with Crippen LogP contribution in [0.4, 0.5) is 5.69 Å². The van der Waals surface area contributed by atoms with Gasteiger partial charge in [0.05, 0.1) is 14.2 Å². The molecule has 0 heterocycles. The first kappa shape index (κ1) is 14.9. The quantitative estimate of drug-likeness (QED) is 0.654. The van der Waals surface area contributed by atoms with Crippen molar-refractivity contribution in [1.82, 2.24) is 0 Å². The zero-order valence-electron chi connectivity index (χ0n) is 12.3. The van der Waals surface area contributed by atoms with Gasteiger partial charge in [-0.1, -0.05) is 18.2 Å². The van der Waals surface area contributed by atoms with Gasteiger partial charge >= 0.3 is 0 Å². The average molecular weight is 285 g/mol. The van der Waals surface area contributed by atoms with E-state index >= 15 is 0 Å². The number of benzene rings is 2. The van der Waals surface area contributed by atoms with Gasteiger partial charge in [-0.2, -0.15) is 0 Å². The van der Waals surface area contributed by atoms with E-state index in [0.29, 0.717) is 35.6 Å². The summed E-state index contributed by atoms with van der Waals surface area (Å²) in [5, 5.41) is 0. The van der Waals surface area contributed by atoms with Crippen molar-refractivity contribution in [2.75, 3.05) is 20.0 Å². The normalized spacial score (nSPS) is 10.2. The summed E-state index contributed by atoms with van der Waals surface area (Å²) in [4.78, 5) is 12.1. The highest BCUT2D eigenvalue weighted by atomic mass is 16.5. The molecular weight excluding hydrogens is 266 g/mol. The molecule has 2 aromatic rings. The molecule has 0 aliphatic heterocycles. The standard InChI is InChI=1S/C17H19NO3/c1-20-16-9-7-12(10-17(16)21-2)6-8-15(19)13-4-3-5-14(18)11-13/h3-5,7,9-11H,6,8,18H2,1-2H3. The molecule has 4 nitrogen and oxygen atoms in total. The number of carbonyl (C=O) groups is 1. The number of rotatable bonds is 6. The Morgan fingerprint density at radius 1 is 1.05 bits per heavy atom. The van der Waals surface area contributed by atoms with Crippen LogP contribution >= 0.6 is 0 Å². The molecular formula is C17H19NO3. The summed E-state index contributed by atoms with van der Waals surface area (Å²) in [6, 6.07) is 12.7. The predicted octanol–water partition coefficient (Wildman–Crippen LogP) is 3.10. The third kappa shape index (κ3) is 3.75. The molecule has 2 rings (SSSR count). The Morgan fingerprint density at radius 2 is 1.81 bits per heavy atom. The Morgan fingerprint density at radius 3 is 2.48 bits per heavy atom. The smallest absolute Gasteiger partial charge is 0.163 e. The molecule has 0 aromatic heterocycles. The number of hydrogen-bond acceptors (Lipinski definition) is 4. The number of aryl methyl sites for hydroxylation is 1. The minimum Gasteiger partial charge on any atom is -0.493 e. The highest BCUT2D eigenvalue weighted by Gasteiger charge is 2.09. The van der Waals surface area contributed by atoms with Crippen LogP contribution in [0.15, 0.2) is 42.5 Å². The first-order chi connectivity index (χ1) is 10.1. The number of nitrogen functional groups attached to an aromatic ring is 1. The van der Waals surface area contributed by atoms with Crippen molar-refractivity contribution in [2.45, 2.75) is 12.8 Å². The van der Waals surface area contributed by atoms with Crippen molar-refractivity contribution >= 4 is 11.5 Å². The molecule has 0 bridgehead atoms. The van der Waals surface area contributed by atoms with E-state index in [9.17, 15) is 4.79 Å². The Balaban J connectivity index is 2.04. The van der Waals surface area contributed by atoms with Crippen LogP contribution in [0.5, 0.6) is 11.5 Å². The molecule has 0 aliphatic carbocycles. The van der Waals surface area contributed by atoms with Gasteiger partial charge < -0.3 is 15.2 Å². The van der Waals surface area contributed by atoms with Gasteiger partial charge in [0, 0.05) is 17.7 Å². The van der Waals surface area contributed by atoms with Crippen molar-refractivity contribution in [3.63, 3.8) is 0 Å². The van der Waals surface area contributed by atoms with Gasteiger partial charge in [-0.3, -0.25) is 4.79 Å². The van der Waals surface area contributed by atoms with E-state index in [-0.39, 0.29) is 5.78 Å². The van der Waals surface area contributed by atoms with Gasteiger partial charge in [-0.05, 0) is 36.2 Å². The summed E-state index contributed by atoms with van der Waals surface area (Å²) in [5.74, 6) is 1.44. The molecule has 0 saturated carbocycles. The molecule has 110 valence electrons. The van der Waals surface area contributed by atoms with Crippen molar-refractivity contribution < 1.29 is 14.3 Å². The zero-order chi connectivity index (χ0) is 15.2. The van der Waals surface area contributed by atoms with Crippen molar-refractivity contribution in [2.24, 2.45) is 0 Å². The second-order valence-corrected chi connectivity index (χ2v) is 4.74. The number of ether oxygens (including phenoxy) is 2. The number of carbonyl (C=O) groups excluding carboxylic acids is 1. The first-order valence-corrected chi connectivity index (χ1v) is 6.73. The number of ketones is 1. The maximum Gasteiger partial charge on any atom is 0.163 e. The molecule has 0 spiro atoms. The second kappa shape index (κ2) is 6.79. The van der Waals surface area contributed by atoms with Gasteiger partial charge in [0.2, 0.25) is 0 Å². The van der Waals surface area contributed by atoms with E-state index in [0.717, 1.165) is 5.56 Å². The first-order valence-electron chi connectivity index (χ1n) is 6.73. The zero-order valence-corrected chi connectivity index (χ0v) is 12.3. The van der Waals surface area contributed by atoms with Crippen LogP contribution in [0.2, 0.25) is 0 Å². The fourth-order valence-electron chi connectivity index (χ4n) is 2.15. The molecule has 0 unspecified atom stereocenters. The number of hydrogen-bond donors (Lipinski definition) is 1. The second-order valence-electron chi connectivity index (χ2n) is 4.74. The van der Waals surface area contributed by atoms with E-state index in [1.165, 1.54) is 0 Å². The number of methoxy groups -OCH3 is 2. The number of anilines is 1.